The van der Waals surface area contributed by atoms with Gasteiger partial charge in [0.05, 0.1) is 17.5 Å². The van der Waals surface area contributed by atoms with Crippen molar-refractivity contribution < 1.29 is 28.6 Å². The quantitative estimate of drug-likeness (QED) is 0.248. The number of carbonyl (C=O) groups is 3. The summed E-state index contributed by atoms with van der Waals surface area (Å²) in [6.45, 7) is 4.66. The number of fused-ring (bicyclic) bond motifs is 5. The number of esters is 1. The normalized spacial score (nSPS) is 20.7. The van der Waals surface area contributed by atoms with Gasteiger partial charge in [0.15, 0.2) is 5.58 Å². The average molecular weight is 645 g/mol. The van der Waals surface area contributed by atoms with E-state index in [0.717, 1.165) is 44.1 Å². The summed E-state index contributed by atoms with van der Waals surface area (Å²) >= 11 is 0. The van der Waals surface area contributed by atoms with Crippen molar-refractivity contribution in [2.75, 3.05) is 6.61 Å². The zero-order valence-corrected chi connectivity index (χ0v) is 25.7. The molecule has 4 N–H and O–H groups in total. The number of carboxylic acids is 1. The molecular weight excluding hydrogens is 604 g/mol. The van der Waals surface area contributed by atoms with Gasteiger partial charge in [0.25, 0.3) is 5.91 Å². The van der Waals surface area contributed by atoms with Crippen molar-refractivity contribution in [1.29, 1.82) is 0 Å². The number of nitrogens with one attached hydrogen (secondary N) is 1. The van der Waals surface area contributed by atoms with Crippen LogP contribution in [0.25, 0.3) is 16.9 Å². The van der Waals surface area contributed by atoms with Gasteiger partial charge in [-0.15, -0.1) is 12.4 Å². The number of halogens is 1. The predicted octanol–water partition coefficient (Wildman–Crippen LogP) is 4.10. The van der Waals surface area contributed by atoms with E-state index in [1.54, 1.807) is 25.2 Å². The highest BCUT2D eigenvalue weighted by Gasteiger charge is 2.54. The minimum Gasteiger partial charge on any atom is -0.477 e. The Morgan fingerprint density at radius 2 is 1.82 bits per heavy atom. The highest BCUT2D eigenvalue weighted by Crippen LogP contribution is 2.58. The van der Waals surface area contributed by atoms with Crippen LogP contribution in [-0.2, 0) is 23.1 Å². The number of imidazole rings is 1. The fourth-order valence-electron chi connectivity index (χ4n) is 6.23. The first-order valence-electron chi connectivity index (χ1n) is 14.4. The van der Waals surface area contributed by atoms with Crippen molar-refractivity contribution in [3.8, 4) is 0 Å². The summed E-state index contributed by atoms with van der Waals surface area (Å²) < 4.78 is 12.9. The molecular formula is C31H41ClN6O7. The van der Waals surface area contributed by atoms with Crippen molar-refractivity contribution in [3.05, 3.63) is 64.2 Å². The molecule has 0 spiro atoms. The van der Waals surface area contributed by atoms with Crippen LogP contribution in [-0.4, -0.2) is 54.5 Å². The number of carbonyl (C=O) groups excluding carboxylic acids is 2. The van der Waals surface area contributed by atoms with Gasteiger partial charge >= 0.3 is 17.7 Å². The summed E-state index contributed by atoms with van der Waals surface area (Å²) in [6.07, 6.45) is 9.10. The number of oxazole rings is 1. The molecule has 3 heterocycles. The zero-order valence-electron chi connectivity index (χ0n) is 24.9. The smallest absolute Gasteiger partial charge is 0.419 e. The topological polar surface area (TPSA) is 184 Å². The molecule has 0 saturated heterocycles. The molecule has 3 aliphatic carbocycles. The highest BCUT2D eigenvalue weighted by molar-refractivity contribution is 5.96. The lowest BCUT2D eigenvalue weighted by atomic mass is 9.52. The molecule has 1 atom stereocenters. The first kappa shape index (κ1) is 35.3. The predicted molar refractivity (Wildman–Crippen MR) is 169 cm³/mol. The fourth-order valence-corrected chi connectivity index (χ4v) is 6.23. The number of carboxylic acid groups (broad SMARTS) is 1. The number of hydrogen-bond donors (Lipinski definition) is 3. The summed E-state index contributed by atoms with van der Waals surface area (Å²) in [5, 5.41) is 12.0. The van der Waals surface area contributed by atoms with Crippen molar-refractivity contribution in [1.82, 2.24) is 24.3 Å². The Balaban J connectivity index is 0.000000265. The Kier molecular flexibility index (Phi) is 10.8. The Bertz CT molecular complexity index is 1730. The molecule has 1 unspecified atom stereocenters. The van der Waals surface area contributed by atoms with E-state index < -0.39 is 17.6 Å². The fraction of sp³-hybridized carbons (Fsp3) is 0.484. The number of nitrogens with zero attached hydrogens (tertiary/aromatic N) is 4. The standard InChI is InChI=1S/C17H13N5O5.C13H23NO2.CH4.ClH/c1-21-11-6-9(2-3-13(11)27-17(21)26)8-19-14(23)10-7-12(15(24)25)22-5-4-18-16(22)20-10;1-3-16-11(15)13-7-4-12(5-8-13,6-9-13)10(2)14;;/h2-7H,8H2,1H3,(H,19,23)(H,24,25);10H,3-9,14H2,1-2H3;1H4;1H. The molecule has 3 aromatic heterocycles. The molecule has 45 heavy (non-hydrogen) atoms. The second-order valence-electron chi connectivity index (χ2n) is 11.5. The van der Waals surface area contributed by atoms with Crippen molar-refractivity contribution >= 4 is 47.1 Å². The lowest BCUT2D eigenvalue weighted by Crippen LogP contribution is -2.52. The third-order valence-electron chi connectivity index (χ3n) is 9.11. The van der Waals surface area contributed by atoms with Crippen LogP contribution in [0.2, 0.25) is 0 Å². The van der Waals surface area contributed by atoms with Gasteiger partial charge in [-0.25, -0.2) is 19.6 Å². The van der Waals surface area contributed by atoms with E-state index in [0.29, 0.717) is 23.1 Å². The van der Waals surface area contributed by atoms with Crippen molar-refractivity contribution in [2.24, 2.45) is 23.6 Å². The summed E-state index contributed by atoms with van der Waals surface area (Å²) in [6, 6.07) is 6.55. The van der Waals surface area contributed by atoms with Gasteiger partial charge in [-0.3, -0.25) is 18.6 Å². The summed E-state index contributed by atoms with van der Waals surface area (Å²) in [7, 11) is 1.59. The van der Waals surface area contributed by atoms with Crippen LogP contribution < -0.4 is 16.8 Å². The minimum atomic E-state index is -1.19. The van der Waals surface area contributed by atoms with Gasteiger partial charge in [0.2, 0.25) is 5.78 Å². The minimum absolute atomic E-state index is 0. The summed E-state index contributed by atoms with van der Waals surface area (Å²) in [5.41, 5.74) is 7.89. The number of rotatable bonds is 7. The van der Waals surface area contributed by atoms with E-state index in [1.807, 2.05) is 6.92 Å². The second kappa shape index (κ2) is 13.8. The number of amides is 1. The van der Waals surface area contributed by atoms with Gasteiger partial charge in [-0.2, -0.15) is 0 Å². The van der Waals surface area contributed by atoms with Crippen LogP contribution in [0, 0.1) is 10.8 Å². The maximum Gasteiger partial charge on any atom is 0.419 e. The molecule has 3 aliphatic rings. The molecule has 3 fully saturated rings. The Morgan fingerprint density at radius 1 is 1.16 bits per heavy atom. The monoisotopic (exact) mass is 644 g/mol. The molecule has 4 aromatic rings. The molecule has 3 saturated carbocycles. The van der Waals surface area contributed by atoms with Gasteiger partial charge in [-0.1, -0.05) is 13.5 Å². The zero-order chi connectivity index (χ0) is 30.9. The Morgan fingerprint density at radius 3 is 2.42 bits per heavy atom. The number of nitrogens with two attached hydrogens (primary N) is 1. The van der Waals surface area contributed by atoms with Crippen LogP contribution in [0.5, 0.6) is 0 Å². The molecule has 1 aromatic carbocycles. The van der Waals surface area contributed by atoms with E-state index in [9.17, 15) is 24.3 Å². The van der Waals surface area contributed by atoms with E-state index in [4.69, 9.17) is 14.9 Å². The molecule has 1 amide bonds. The SMILES string of the molecule is C.CCOC(=O)C12CCC(C(C)N)(CC1)CC2.Cl.Cn1c(=O)oc2ccc(CNC(=O)c3cc(C(=O)O)n4ccnc4n3)cc21. The van der Waals surface area contributed by atoms with E-state index in [2.05, 4.69) is 22.2 Å². The first-order valence-corrected chi connectivity index (χ1v) is 14.4. The Hall–Kier alpha value is -4.23. The van der Waals surface area contributed by atoms with Gasteiger partial charge in [0, 0.05) is 38.1 Å². The van der Waals surface area contributed by atoms with Crippen LogP contribution in [0.4, 0.5) is 0 Å². The number of aromatic nitrogens is 4. The number of hydrogen-bond acceptors (Lipinski definition) is 9. The Labute approximate surface area is 266 Å². The molecule has 244 valence electrons. The molecule has 0 radical (unpaired) electrons. The van der Waals surface area contributed by atoms with Crippen LogP contribution >= 0.6 is 12.4 Å². The second-order valence-corrected chi connectivity index (χ2v) is 11.5. The molecule has 13 nitrogen and oxygen atoms in total. The first-order chi connectivity index (χ1) is 20.5. The molecule has 0 aliphatic heterocycles. The van der Waals surface area contributed by atoms with E-state index in [-0.39, 0.29) is 61.0 Å². The van der Waals surface area contributed by atoms with Crippen LogP contribution in [0.3, 0.4) is 0 Å². The third-order valence-corrected chi connectivity index (χ3v) is 9.11. The van der Waals surface area contributed by atoms with Crippen molar-refractivity contribution in [3.63, 3.8) is 0 Å². The maximum absolute atomic E-state index is 12.4. The number of ether oxygens (including phenoxy) is 1. The molecule has 2 bridgehead atoms. The number of benzene rings is 1. The summed E-state index contributed by atoms with van der Waals surface area (Å²) in [5.74, 6) is -2.04. The number of aromatic carboxylic acids is 1. The van der Waals surface area contributed by atoms with Gasteiger partial charge in [0.1, 0.15) is 11.4 Å². The van der Waals surface area contributed by atoms with E-state index >= 15 is 0 Å². The lowest BCUT2D eigenvalue weighted by molar-refractivity contribution is -0.166. The molecule has 14 heteroatoms. The van der Waals surface area contributed by atoms with Gasteiger partial charge in [-0.05, 0) is 75.5 Å². The number of aryl methyl sites for hydroxylation is 1. The highest BCUT2D eigenvalue weighted by atomic mass is 35.5. The van der Waals surface area contributed by atoms with E-state index in [1.165, 1.54) is 27.4 Å². The maximum atomic E-state index is 12.4. The lowest BCUT2D eigenvalue weighted by Gasteiger charge is -2.53. The summed E-state index contributed by atoms with van der Waals surface area (Å²) in [4.78, 5) is 55.3. The van der Waals surface area contributed by atoms with Crippen LogP contribution in [0.1, 0.15) is 86.3 Å². The largest absolute Gasteiger partial charge is 0.477 e. The molecule has 7 rings (SSSR count). The van der Waals surface area contributed by atoms with Gasteiger partial charge < -0.3 is 25.3 Å². The van der Waals surface area contributed by atoms with Crippen LogP contribution in [0.15, 0.2) is 45.9 Å². The third kappa shape index (κ3) is 6.74. The average Bonchev–Trinajstić information content (AvgIpc) is 3.60. The van der Waals surface area contributed by atoms with Crippen molar-refractivity contribution in [2.45, 2.75) is 72.4 Å².